The van der Waals surface area contributed by atoms with E-state index in [0.29, 0.717) is 13.1 Å². The number of halogens is 2. The van der Waals surface area contributed by atoms with Gasteiger partial charge in [-0.15, -0.1) is 10.2 Å². The van der Waals surface area contributed by atoms with E-state index >= 15 is 0 Å². The minimum Gasteiger partial charge on any atom is -0.355 e. The first kappa shape index (κ1) is 15.7. The molecule has 0 aliphatic rings. The topological polar surface area (TPSA) is 75.2 Å². The summed E-state index contributed by atoms with van der Waals surface area (Å²) in [6.45, 7) is 4.40. The van der Waals surface area contributed by atoms with Gasteiger partial charge < -0.3 is 10.2 Å². The van der Waals surface area contributed by atoms with Gasteiger partial charge in [0, 0.05) is 13.1 Å². The summed E-state index contributed by atoms with van der Waals surface area (Å²) in [5, 5.41) is 9.75. The van der Waals surface area contributed by atoms with Crippen molar-refractivity contribution in [2.45, 2.75) is 13.8 Å². The van der Waals surface area contributed by atoms with Gasteiger partial charge in [-0.3, -0.25) is 9.59 Å². The van der Waals surface area contributed by atoms with Gasteiger partial charge in [0.2, 0.25) is 5.91 Å². The Balaban J connectivity index is 2.89. The maximum Gasteiger partial charge on any atom is 0.257 e. The highest BCUT2D eigenvalue weighted by atomic mass is 35.5. The number of likely N-dealkylation sites (N-methyl/N-ethyl adjacent to an activating group) is 2. The van der Waals surface area contributed by atoms with Gasteiger partial charge >= 0.3 is 0 Å². The Morgan fingerprint density at radius 2 is 2.00 bits per heavy atom. The summed E-state index contributed by atoms with van der Waals surface area (Å²) in [5.41, 5.74) is 0.132. The van der Waals surface area contributed by atoms with Crippen molar-refractivity contribution in [1.82, 2.24) is 20.4 Å². The average molecular weight is 305 g/mol. The Kier molecular flexibility index (Phi) is 5.98. The van der Waals surface area contributed by atoms with Crippen molar-refractivity contribution < 1.29 is 9.59 Å². The lowest BCUT2D eigenvalue weighted by molar-refractivity contribution is -0.121. The van der Waals surface area contributed by atoms with Crippen LogP contribution in [0.5, 0.6) is 0 Å². The fourth-order valence-electron chi connectivity index (χ4n) is 1.43. The zero-order chi connectivity index (χ0) is 14.4. The average Bonchev–Trinajstić information content (AvgIpc) is 2.38. The summed E-state index contributed by atoms with van der Waals surface area (Å²) in [4.78, 5) is 25.1. The molecule has 0 unspecified atom stereocenters. The first-order valence-corrected chi connectivity index (χ1v) is 6.49. The lowest BCUT2D eigenvalue weighted by atomic mass is 10.2. The van der Waals surface area contributed by atoms with E-state index in [9.17, 15) is 9.59 Å². The predicted molar refractivity (Wildman–Crippen MR) is 72.3 cm³/mol. The summed E-state index contributed by atoms with van der Waals surface area (Å²) < 4.78 is 0. The molecule has 8 heteroatoms. The van der Waals surface area contributed by atoms with E-state index in [1.54, 1.807) is 13.8 Å². The number of carbonyl (C=O) groups is 2. The molecule has 0 aliphatic carbocycles. The molecule has 0 spiro atoms. The van der Waals surface area contributed by atoms with Crippen molar-refractivity contribution in [1.29, 1.82) is 0 Å². The minimum absolute atomic E-state index is 0.0382. The summed E-state index contributed by atoms with van der Waals surface area (Å²) >= 11 is 11.5. The van der Waals surface area contributed by atoms with E-state index in [-0.39, 0.29) is 28.3 Å². The third-order valence-electron chi connectivity index (χ3n) is 2.33. The Bertz CT molecular complexity index is 482. The van der Waals surface area contributed by atoms with Gasteiger partial charge in [-0.05, 0) is 19.9 Å². The number of hydrogen-bond acceptors (Lipinski definition) is 4. The number of nitrogens with one attached hydrogen (secondary N) is 1. The summed E-state index contributed by atoms with van der Waals surface area (Å²) in [6, 6.07) is 1.33. The number of amides is 2. The Hall–Kier alpha value is -1.40. The van der Waals surface area contributed by atoms with Crippen LogP contribution in [0.2, 0.25) is 10.3 Å². The van der Waals surface area contributed by atoms with Crippen LogP contribution in [0.1, 0.15) is 24.2 Å². The molecule has 1 aromatic heterocycles. The molecule has 0 aliphatic heterocycles. The van der Waals surface area contributed by atoms with E-state index in [4.69, 9.17) is 23.2 Å². The normalized spacial score (nSPS) is 10.1. The summed E-state index contributed by atoms with van der Waals surface area (Å²) in [7, 11) is 0. The molecular weight excluding hydrogens is 291 g/mol. The van der Waals surface area contributed by atoms with E-state index in [0.717, 1.165) is 0 Å². The largest absolute Gasteiger partial charge is 0.355 e. The highest BCUT2D eigenvalue weighted by Gasteiger charge is 2.21. The van der Waals surface area contributed by atoms with Crippen molar-refractivity contribution >= 4 is 35.0 Å². The Morgan fingerprint density at radius 1 is 1.32 bits per heavy atom. The second kappa shape index (κ2) is 7.25. The molecule has 1 rings (SSSR count). The van der Waals surface area contributed by atoms with Crippen LogP contribution in [0, 0.1) is 0 Å². The Morgan fingerprint density at radius 3 is 2.58 bits per heavy atom. The molecule has 0 bridgehead atoms. The van der Waals surface area contributed by atoms with Crippen LogP contribution >= 0.6 is 23.2 Å². The molecule has 1 heterocycles. The fourth-order valence-corrected chi connectivity index (χ4v) is 1.75. The van der Waals surface area contributed by atoms with Crippen LogP contribution in [0.15, 0.2) is 6.07 Å². The number of aromatic nitrogens is 2. The third kappa shape index (κ3) is 4.33. The zero-order valence-corrected chi connectivity index (χ0v) is 12.1. The molecule has 6 nitrogen and oxygen atoms in total. The zero-order valence-electron chi connectivity index (χ0n) is 10.6. The predicted octanol–water partition coefficient (Wildman–Crippen LogP) is 1.38. The number of nitrogens with zero attached hydrogens (tertiary/aromatic N) is 3. The first-order valence-electron chi connectivity index (χ1n) is 5.74. The standard InChI is InChI=1S/C11H14Cl2N4O2/c1-3-14-9(18)6-17(4-2)11(19)7-5-8(12)15-16-10(7)13/h5H,3-4,6H2,1-2H3,(H,14,18). The number of rotatable bonds is 5. The van der Waals surface area contributed by atoms with Gasteiger partial charge in [0.05, 0.1) is 12.1 Å². The highest BCUT2D eigenvalue weighted by molar-refractivity contribution is 6.34. The van der Waals surface area contributed by atoms with Crippen LogP contribution in [-0.2, 0) is 4.79 Å². The first-order chi connectivity index (χ1) is 8.99. The number of carbonyl (C=O) groups excluding carboxylic acids is 2. The molecule has 2 amide bonds. The summed E-state index contributed by atoms with van der Waals surface area (Å²) in [5.74, 6) is -0.641. The van der Waals surface area contributed by atoms with Crippen molar-refractivity contribution in [3.05, 3.63) is 21.9 Å². The van der Waals surface area contributed by atoms with E-state index in [2.05, 4.69) is 15.5 Å². The van der Waals surface area contributed by atoms with Gasteiger partial charge in [-0.2, -0.15) is 0 Å². The van der Waals surface area contributed by atoms with Gasteiger partial charge in [-0.1, -0.05) is 23.2 Å². The van der Waals surface area contributed by atoms with Crippen LogP contribution in [-0.4, -0.2) is 46.5 Å². The smallest absolute Gasteiger partial charge is 0.257 e. The second-order valence-electron chi connectivity index (χ2n) is 3.64. The molecule has 1 N–H and O–H groups in total. The Labute approximate surface area is 121 Å². The highest BCUT2D eigenvalue weighted by Crippen LogP contribution is 2.17. The minimum atomic E-state index is -0.407. The third-order valence-corrected chi connectivity index (χ3v) is 2.79. The van der Waals surface area contributed by atoms with Gasteiger partial charge in [-0.25, -0.2) is 0 Å². The van der Waals surface area contributed by atoms with Crippen molar-refractivity contribution in [2.75, 3.05) is 19.6 Å². The van der Waals surface area contributed by atoms with Crippen molar-refractivity contribution in [2.24, 2.45) is 0 Å². The summed E-state index contributed by atoms with van der Waals surface area (Å²) in [6.07, 6.45) is 0. The quantitative estimate of drug-likeness (QED) is 0.892. The molecule has 1 aromatic rings. The molecule has 0 atom stereocenters. The second-order valence-corrected chi connectivity index (χ2v) is 4.39. The molecule has 0 fully saturated rings. The van der Waals surface area contributed by atoms with Crippen molar-refractivity contribution in [3.63, 3.8) is 0 Å². The van der Waals surface area contributed by atoms with Crippen molar-refractivity contribution in [3.8, 4) is 0 Å². The lowest BCUT2D eigenvalue weighted by Crippen LogP contribution is -2.40. The molecule has 0 saturated heterocycles. The maximum absolute atomic E-state index is 12.2. The van der Waals surface area contributed by atoms with Crippen LogP contribution < -0.4 is 5.32 Å². The van der Waals surface area contributed by atoms with Gasteiger partial charge in [0.15, 0.2) is 10.3 Å². The van der Waals surface area contributed by atoms with E-state index in [1.165, 1.54) is 11.0 Å². The fraction of sp³-hybridized carbons (Fsp3) is 0.455. The molecule has 0 aromatic carbocycles. The van der Waals surface area contributed by atoms with Gasteiger partial charge in [0.25, 0.3) is 5.91 Å². The van der Waals surface area contributed by atoms with E-state index < -0.39 is 5.91 Å². The SMILES string of the molecule is CCNC(=O)CN(CC)C(=O)c1cc(Cl)nnc1Cl. The lowest BCUT2D eigenvalue weighted by Gasteiger charge is -2.20. The van der Waals surface area contributed by atoms with Crippen LogP contribution in [0.3, 0.4) is 0 Å². The molecule has 0 radical (unpaired) electrons. The molecular formula is C11H14Cl2N4O2. The van der Waals surface area contributed by atoms with Crippen LogP contribution in [0.4, 0.5) is 0 Å². The molecule has 104 valence electrons. The molecule has 0 saturated carbocycles. The van der Waals surface area contributed by atoms with Crippen LogP contribution in [0.25, 0.3) is 0 Å². The molecule has 19 heavy (non-hydrogen) atoms. The number of hydrogen-bond donors (Lipinski definition) is 1. The van der Waals surface area contributed by atoms with E-state index in [1.807, 2.05) is 0 Å². The van der Waals surface area contributed by atoms with Gasteiger partial charge in [0.1, 0.15) is 0 Å². The monoisotopic (exact) mass is 304 g/mol. The maximum atomic E-state index is 12.2.